The van der Waals surface area contributed by atoms with E-state index in [-0.39, 0.29) is 0 Å². The van der Waals surface area contributed by atoms with E-state index in [0.29, 0.717) is 5.11 Å². The second kappa shape index (κ2) is 8.52. The minimum Gasteiger partial charge on any atom is -0.369 e. The van der Waals surface area contributed by atoms with Crippen molar-refractivity contribution in [1.29, 1.82) is 0 Å². The standard InChI is InChI=1S/C21H28N4S/c1-16-4-9-20(17(2)14-16)23-21(26)22-15-18-5-7-19(8-6-18)25-12-10-24(3)11-13-25/h4-9,14H,10-13,15H2,1-3H3,(H2,22,23,26). The van der Waals surface area contributed by atoms with Crippen LogP contribution in [0.25, 0.3) is 0 Å². The minimum atomic E-state index is 0.653. The van der Waals surface area contributed by atoms with Gasteiger partial charge in [0.2, 0.25) is 0 Å². The molecule has 0 amide bonds. The van der Waals surface area contributed by atoms with Crippen LogP contribution < -0.4 is 15.5 Å². The Kier molecular flexibility index (Phi) is 6.12. The van der Waals surface area contributed by atoms with Crippen LogP contribution in [-0.2, 0) is 6.54 Å². The quantitative estimate of drug-likeness (QED) is 0.806. The van der Waals surface area contributed by atoms with Crippen molar-refractivity contribution in [3.63, 3.8) is 0 Å². The number of hydrogen-bond donors (Lipinski definition) is 2. The maximum Gasteiger partial charge on any atom is 0.171 e. The summed E-state index contributed by atoms with van der Waals surface area (Å²) in [6.45, 7) is 9.35. The van der Waals surface area contributed by atoms with Crippen LogP contribution in [0.3, 0.4) is 0 Å². The van der Waals surface area contributed by atoms with Crippen LogP contribution in [0.1, 0.15) is 16.7 Å². The summed E-state index contributed by atoms with van der Waals surface area (Å²) in [5.74, 6) is 0. The van der Waals surface area contributed by atoms with Crippen molar-refractivity contribution in [2.75, 3.05) is 43.4 Å². The zero-order chi connectivity index (χ0) is 18.5. The molecule has 1 heterocycles. The normalized spacial score (nSPS) is 15.0. The molecule has 1 aliphatic rings. The van der Waals surface area contributed by atoms with Crippen LogP contribution in [0, 0.1) is 13.8 Å². The summed E-state index contributed by atoms with van der Waals surface area (Å²) in [6, 6.07) is 15.1. The zero-order valence-electron chi connectivity index (χ0n) is 15.9. The Labute approximate surface area is 162 Å². The molecular formula is C21H28N4S. The molecule has 2 aromatic rings. The van der Waals surface area contributed by atoms with Gasteiger partial charge in [0.15, 0.2) is 5.11 Å². The number of nitrogens with one attached hydrogen (secondary N) is 2. The van der Waals surface area contributed by atoms with Gasteiger partial charge in [-0.3, -0.25) is 0 Å². The monoisotopic (exact) mass is 368 g/mol. The highest BCUT2D eigenvalue weighted by Crippen LogP contribution is 2.18. The molecule has 5 heteroatoms. The zero-order valence-corrected chi connectivity index (χ0v) is 16.7. The van der Waals surface area contributed by atoms with Crippen molar-refractivity contribution in [3.8, 4) is 0 Å². The summed E-state index contributed by atoms with van der Waals surface area (Å²) < 4.78 is 0. The minimum absolute atomic E-state index is 0.653. The smallest absolute Gasteiger partial charge is 0.171 e. The fourth-order valence-electron chi connectivity index (χ4n) is 3.19. The number of rotatable bonds is 4. The van der Waals surface area contributed by atoms with E-state index in [2.05, 4.69) is 83.8 Å². The molecule has 4 nitrogen and oxygen atoms in total. The molecule has 3 rings (SSSR count). The third kappa shape index (κ3) is 4.96. The molecule has 138 valence electrons. The maximum atomic E-state index is 5.43. The lowest BCUT2D eigenvalue weighted by atomic mass is 10.1. The van der Waals surface area contributed by atoms with Crippen molar-refractivity contribution in [2.45, 2.75) is 20.4 Å². The molecule has 1 aliphatic heterocycles. The number of hydrogen-bond acceptors (Lipinski definition) is 3. The van der Waals surface area contributed by atoms with Crippen LogP contribution >= 0.6 is 12.2 Å². The summed E-state index contributed by atoms with van der Waals surface area (Å²) in [5, 5.41) is 7.23. The Bertz CT molecular complexity index is 749. The second-order valence-electron chi connectivity index (χ2n) is 7.08. The molecule has 0 bridgehead atoms. The predicted octanol–water partition coefficient (Wildman–Crippen LogP) is 3.54. The Morgan fingerprint density at radius 1 is 1.00 bits per heavy atom. The molecule has 2 N–H and O–H groups in total. The van der Waals surface area contributed by atoms with Gasteiger partial charge >= 0.3 is 0 Å². The van der Waals surface area contributed by atoms with E-state index < -0.39 is 0 Å². The van der Waals surface area contributed by atoms with Gasteiger partial charge in [-0.1, -0.05) is 29.8 Å². The SMILES string of the molecule is Cc1ccc(NC(=S)NCc2ccc(N3CCN(C)CC3)cc2)c(C)c1. The van der Waals surface area contributed by atoms with Gasteiger partial charge in [0.05, 0.1) is 0 Å². The van der Waals surface area contributed by atoms with Gasteiger partial charge in [-0.25, -0.2) is 0 Å². The molecule has 0 aromatic heterocycles. The van der Waals surface area contributed by atoms with E-state index in [9.17, 15) is 0 Å². The first-order chi connectivity index (χ1) is 12.5. The number of likely N-dealkylation sites (N-methyl/N-ethyl adjacent to an activating group) is 1. The summed E-state index contributed by atoms with van der Waals surface area (Å²) in [6.07, 6.45) is 0. The van der Waals surface area contributed by atoms with Crippen molar-refractivity contribution in [2.24, 2.45) is 0 Å². The van der Waals surface area contributed by atoms with E-state index in [1.165, 1.54) is 22.4 Å². The summed E-state index contributed by atoms with van der Waals surface area (Å²) in [5.41, 5.74) is 6.04. The Balaban J connectivity index is 1.50. The number of aryl methyl sites for hydroxylation is 2. The largest absolute Gasteiger partial charge is 0.369 e. The molecular weight excluding hydrogens is 340 g/mol. The average molecular weight is 369 g/mol. The van der Waals surface area contributed by atoms with Crippen molar-refractivity contribution in [3.05, 3.63) is 59.2 Å². The fraction of sp³-hybridized carbons (Fsp3) is 0.381. The van der Waals surface area contributed by atoms with Crippen molar-refractivity contribution < 1.29 is 0 Å². The lowest BCUT2D eigenvalue weighted by Crippen LogP contribution is -2.44. The molecule has 0 unspecified atom stereocenters. The van der Waals surface area contributed by atoms with E-state index >= 15 is 0 Å². The van der Waals surface area contributed by atoms with Crippen LogP contribution in [0.2, 0.25) is 0 Å². The molecule has 0 spiro atoms. The summed E-state index contributed by atoms with van der Waals surface area (Å²) in [4.78, 5) is 4.82. The highest BCUT2D eigenvalue weighted by atomic mass is 32.1. The summed E-state index contributed by atoms with van der Waals surface area (Å²) >= 11 is 5.43. The number of nitrogens with zero attached hydrogens (tertiary/aromatic N) is 2. The Morgan fingerprint density at radius 3 is 2.35 bits per heavy atom. The average Bonchev–Trinajstić information content (AvgIpc) is 2.63. The van der Waals surface area contributed by atoms with E-state index in [1.54, 1.807) is 0 Å². The predicted molar refractivity (Wildman–Crippen MR) is 115 cm³/mol. The third-order valence-electron chi connectivity index (χ3n) is 4.89. The van der Waals surface area contributed by atoms with Gasteiger partial charge in [0.25, 0.3) is 0 Å². The number of benzene rings is 2. The van der Waals surface area contributed by atoms with E-state index in [0.717, 1.165) is 38.4 Å². The fourth-order valence-corrected chi connectivity index (χ4v) is 3.37. The van der Waals surface area contributed by atoms with Crippen molar-refractivity contribution in [1.82, 2.24) is 10.2 Å². The summed E-state index contributed by atoms with van der Waals surface area (Å²) in [7, 11) is 2.18. The molecule has 2 aromatic carbocycles. The molecule has 0 aliphatic carbocycles. The van der Waals surface area contributed by atoms with Gasteiger partial charge < -0.3 is 20.4 Å². The molecule has 1 fully saturated rings. The first-order valence-corrected chi connectivity index (χ1v) is 9.56. The van der Waals surface area contributed by atoms with Gasteiger partial charge in [0, 0.05) is 44.1 Å². The van der Waals surface area contributed by atoms with Crippen LogP contribution in [-0.4, -0.2) is 43.2 Å². The second-order valence-corrected chi connectivity index (χ2v) is 7.49. The van der Waals surface area contributed by atoms with Gasteiger partial charge in [0.1, 0.15) is 0 Å². The molecule has 0 radical (unpaired) electrons. The first kappa shape index (κ1) is 18.7. The van der Waals surface area contributed by atoms with Gasteiger partial charge in [-0.15, -0.1) is 0 Å². The van der Waals surface area contributed by atoms with Crippen LogP contribution in [0.15, 0.2) is 42.5 Å². The lowest BCUT2D eigenvalue weighted by Gasteiger charge is -2.34. The number of anilines is 2. The number of thiocarbonyl (C=S) groups is 1. The van der Waals surface area contributed by atoms with Crippen LogP contribution in [0.4, 0.5) is 11.4 Å². The lowest BCUT2D eigenvalue weighted by molar-refractivity contribution is 0.313. The Morgan fingerprint density at radius 2 is 1.69 bits per heavy atom. The number of piperazine rings is 1. The van der Waals surface area contributed by atoms with Gasteiger partial charge in [-0.05, 0) is 62.4 Å². The maximum absolute atomic E-state index is 5.43. The van der Waals surface area contributed by atoms with Gasteiger partial charge in [-0.2, -0.15) is 0 Å². The molecule has 0 atom stereocenters. The third-order valence-corrected chi connectivity index (χ3v) is 5.13. The van der Waals surface area contributed by atoms with E-state index in [4.69, 9.17) is 12.2 Å². The highest BCUT2D eigenvalue weighted by Gasteiger charge is 2.13. The van der Waals surface area contributed by atoms with Crippen LogP contribution in [0.5, 0.6) is 0 Å². The van der Waals surface area contributed by atoms with Crippen molar-refractivity contribution >= 4 is 28.7 Å². The molecule has 1 saturated heterocycles. The van der Waals surface area contributed by atoms with E-state index in [1.807, 2.05) is 0 Å². The highest BCUT2D eigenvalue weighted by molar-refractivity contribution is 7.80. The topological polar surface area (TPSA) is 30.5 Å². The molecule has 26 heavy (non-hydrogen) atoms. The molecule has 0 saturated carbocycles. The first-order valence-electron chi connectivity index (χ1n) is 9.16. The Hall–Kier alpha value is -2.11.